The predicted octanol–water partition coefficient (Wildman–Crippen LogP) is 5.92. The molecule has 0 atom stereocenters. The van der Waals surface area contributed by atoms with Gasteiger partial charge in [0.2, 0.25) is 0 Å². The quantitative estimate of drug-likeness (QED) is 0.154. The lowest BCUT2D eigenvalue weighted by molar-refractivity contribution is -0.139. The van der Waals surface area contributed by atoms with Crippen LogP contribution in [-0.2, 0) is 20.7 Å². The zero-order valence-electron chi connectivity index (χ0n) is 17.5. The van der Waals surface area contributed by atoms with Crippen molar-refractivity contribution in [2.45, 2.75) is 33.1 Å². The lowest BCUT2D eigenvalue weighted by atomic mass is 9.98. The Hall–Kier alpha value is -3.40. The second-order valence-corrected chi connectivity index (χ2v) is 7.55. The molecule has 3 aromatic rings. The molecule has 0 amide bonds. The highest BCUT2D eigenvalue weighted by atomic mass is 16.5. The maximum atomic E-state index is 11.7. The molecule has 0 aliphatic heterocycles. The van der Waals surface area contributed by atoms with E-state index in [0.29, 0.717) is 23.5 Å². The molecule has 0 saturated heterocycles. The Morgan fingerprint density at radius 3 is 2.10 bits per heavy atom. The molecule has 30 heavy (non-hydrogen) atoms. The minimum absolute atomic E-state index is 0.329. The molecule has 3 rings (SSSR count). The molecule has 0 unspecified atom stereocenters. The van der Waals surface area contributed by atoms with Gasteiger partial charge < -0.3 is 9.47 Å². The van der Waals surface area contributed by atoms with Crippen LogP contribution in [0.3, 0.4) is 0 Å². The molecule has 0 fully saturated rings. The van der Waals surface area contributed by atoms with Crippen molar-refractivity contribution in [2.24, 2.45) is 0 Å². The summed E-state index contributed by atoms with van der Waals surface area (Å²) in [6, 6.07) is 16.2. The normalized spacial score (nSPS) is 10.7. The molecule has 0 saturated carbocycles. The van der Waals surface area contributed by atoms with Gasteiger partial charge in [-0.25, -0.2) is 9.59 Å². The molecule has 0 radical (unpaired) electrons. The fourth-order valence-electron chi connectivity index (χ4n) is 3.23. The monoisotopic (exact) mass is 402 g/mol. The van der Waals surface area contributed by atoms with E-state index in [4.69, 9.17) is 9.47 Å². The van der Waals surface area contributed by atoms with Crippen LogP contribution in [0, 0.1) is 0 Å². The summed E-state index contributed by atoms with van der Waals surface area (Å²) in [7, 11) is 0. The van der Waals surface area contributed by atoms with E-state index in [-0.39, 0.29) is 5.97 Å². The zero-order chi connectivity index (χ0) is 21.7. The number of benzene rings is 3. The summed E-state index contributed by atoms with van der Waals surface area (Å²) in [5.74, 6) is -0.238. The minimum Gasteiger partial charge on any atom is -0.462 e. The molecule has 0 spiro atoms. The van der Waals surface area contributed by atoms with Crippen LogP contribution in [0.5, 0.6) is 5.75 Å². The molecule has 3 aromatic carbocycles. The number of rotatable bonds is 8. The van der Waals surface area contributed by atoms with Crippen LogP contribution in [0.25, 0.3) is 21.5 Å². The van der Waals surface area contributed by atoms with Crippen molar-refractivity contribution in [3.8, 4) is 5.75 Å². The van der Waals surface area contributed by atoms with E-state index in [9.17, 15) is 9.59 Å². The number of carbonyl (C=O) groups excluding carboxylic acids is 2. The van der Waals surface area contributed by atoms with E-state index >= 15 is 0 Å². The van der Waals surface area contributed by atoms with Crippen LogP contribution in [0.4, 0.5) is 0 Å². The fraction of sp³-hybridized carbons (Fsp3) is 0.231. The highest BCUT2D eigenvalue weighted by Crippen LogP contribution is 2.29. The SMILES string of the molecule is C=C(C)C(=O)OCCCCc1ccc2c(ccc3cc(OC(=O)C(=C)C)ccc32)c1. The van der Waals surface area contributed by atoms with Gasteiger partial charge in [0.15, 0.2) is 0 Å². The van der Waals surface area contributed by atoms with E-state index in [2.05, 4.69) is 37.4 Å². The highest BCUT2D eigenvalue weighted by Gasteiger charge is 2.08. The van der Waals surface area contributed by atoms with Gasteiger partial charge in [-0.1, -0.05) is 49.6 Å². The summed E-state index contributed by atoms with van der Waals surface area (Å²) in [5, 5.41) is 4.45. The third-order valence-corrected chi connectivity index (χ3v) is 4.87. The molecule has 0 aliphatic carbocycles. The highest BCUT2D eigenvalue weighted by molar-refractivity contribution is 6.08. The van der Waals surface area contributed by atoms with Crippen LogP contribution in [-0.4, -0.2) is 18.5 Å². The molecule has 0 N–H and O–H groups in total. The first-order chi connectivity index (χ1) is 14.3. The summed E-state index contributed by atoms with van der Waals surface area (Å²) >= 11 is 0. The molecule has 4 nitrogen and oxygen atoms in total. The minimum atomic E-state index is -0.422. The number of unbranched alkanes of at least 4 members (excludes halogenated alkanes) is 1. The lowest BCUT2D eigenvalue weighted by Crippen LogP contribution is -2.07. The lowest BCUT2D eigenvalue weighted by Gasteiger charge is -2.09. The van der Waals surface area contributed by atoms with Gasteiger partial charge in [0, 0.05) is 11.1 Å². The predicted molar refractivity (Wildman–Crippen MR) is 121 cm³/mol. The van der Waals surface area contributed by atoms with Crippen molar-refractivity contribution in [1.29, 1.82) is 0 Å². The number of esters is 2. The van der Waals surface area contributed by atoms with Gasteiger partial charge in [0.25, 0.3) is 0 Å². The summed E-state index contributed by atoms with van der Waals surface area (Å²) in [5.41, 5.74) is 2.05. The van der Waals surface area contributed by atoms with E-state index in [0.717, 1.165) is 35.4 Å². The van der Waals surface area contributed by atoms with E-state index in [1.807, 2.05) is 24.3 Å². The third-order valence-electron chi connectivity index (χ3n) is 4.87. The summed E-state index contributed by atoms with van der Waals surface area (Å²) in [6.07, 6.45) is 2.69. The Bertz CT molecular complexity index is 1140. The van der Waals surface area contributed by atoms with Gasteiger partial charge in [-0.05, 0) is 72.4 Å². The third kappa shape index (κ3) is 5.15. The molecule has 0 heterocycles. The van der Waals surface area contributed by atoms with Crippen molar-refractivity contribution in [2.75, 3.05) is 6.61 Å². The van der Waals surface area contributed by atoms with E-state index in [1.54, 1.807) is 13.8 Å². The molecule has 0 aliphatic rings. The molecule has 0 aromatic heterocycles. The average Bonchev–Trinajstić information content (AvgIpc) is 2.72. The van der Waals surface area contributed by atoms with Crippen molar-refractivity contribution in [1.82, 2.24) is 0 Å². The van der Waals surface area contributed by atoms with E-state index < -0.39 is 5.97 Å². The molecule has 154 valence electrons. The largest absolute Gasteiger partial charge is 0.462 e. The number of ether oxygens (including phenoxy) is 2. The Morgan fingerprint density at radius 2 is 1.43 bits per heavy atom. The molecule has 0 bridgehead atoms. The van der Waals surface area contributed by atoms with Gasteiger partial charge in [0.1, 0.15) is 5.75 Å². The summed E-state index contributed by atoms with van der Waals surface area (Å²) in [6.45, 7) is 10.9. The van der Waals surface area contributed by atoms with Gasteiger partial charge in [-0.15, -0.1) is 0 Å². The maximum Gasteiger partial charge on any atom is 0.338 e. The van der Waals surface area contributed by atoms with Crippen LogP contribution in [0.15, 0.2) is 72.8 Å². The van der Waals surface area contributed by atoms with Gasteiger partial charge in [0.05, 0.1) is 6.61 Å². The van der Waals surface area contributed by atoms with Crippen LogP contribution < -0.4 is 4.74 Å². The standard InChI is InChI=1S/C26H26O4/c1-17(2)25(27)29-14-6-5-7-19-8-12-23-20(15-19)9-10-21-16-22(11-13-24(21)23)30-26(28)18(3)4/h8-13,15-16H,1,3,5-7,14H2,2,4H3. The van der Waals surface area contributed by atoms with Crippen molar-refractivity contribution in [3.63, 3.8) is 0 Å². The number of aryl methyl sites for hydroxylation is 1. The fourth-order valence-corrected chi connectivity index (χ4v) is 3.23. The Balaban J connectivity index is 1.68. The number of hydrogen-bond donors (Lipinski definition) is 0. The summed E-state index contributed by atoms with van der Waals surface area (Å²) < 4.78 is 10.5. The topological polar surface area (TPSA) is 52.6 Å². The van der Waals surface area contributed by atoms with Crippen LogP contribution in [0.1, 0.15) is 32.3 Å². The van der Waals surface area contributed by atoms with Gasteiger partial charge >= 0.3 is 11.9 Å². The van der Waals surface area contributed by atoms with Gasteiger partial charge in [-0.3, -0.25) is 0 Å². The Morgan fingerprint density at radius 1 is 0.800 bits per heavy atom. The maximum absolute atomic E-state index is 11.7. The van der Waals surface area contributed by atoms with Gasteiger partial charge in [-0.2, -0.15) is 0 Å². The van der Waals surface area contributed by atoms with Crippen LogP contribution in [0.2, 0.25) is 0 Å². The smallest absolute Gasteiger partial charge is 0.338 e. The average molecular weight is 402 g/mol. The van der Waals surface area contributed by atoms with Crippen molar-refractivity contribution in [3.05, 3.63) is 78.4 Å². The number of fused-ring (bicyclic) bond motifs is 3. The molecule has 4 heteroatoms. The van der Waals surface area contributed by atoms with E-state index in [1.165, 1.54) is 10.9 Å². The van der Waals surface area contributed by atoms with Crippen LogP contribution >= 0.6 is 0 Å². The zero-order valence-corrected chi connectivity index (χ0v) is 17.5. The molecular formula is C26H26O4. The second kappa shape index (κ2) is 9.40. The second-order valence-electron chi connectivity index (χ2n) is 7.55. The number of carbonyl (C=O) groups is 2. The van der Waals surface area contributed by atoms with Crippen molar-refractivity contribution < 1.29 is 19.1 Å². The number of hydrogen-bond acceptors (Lipinski definition) is 4. The molecular weight excluding hydrogens is 376 g/mol. The first-order valence-electron chi connectivity index (χ1n) is 10.0. The first-order valence-corrected chi connectivity index (χ1v) is 10.0. The first kappa shape index (κ1) is 21.3. The Labute approximate surface area is 176 Å². The Kier molecular flexibility index (Phi) is 6.68. The van der Waals surface area contributed by atoms with Crippen molar-refractivity contribution >= 4 is 33.5 Å². The summed E-state index contributed by atoms with van der Waals surface area (Å²) in [4.78, 5) is 23.1.